The molecule has 0 bridgehead atoms. The van der Waals surface area contributed by atoms with E-state index in [4.69, 9.17) is 4.74 Å². The Balaban J connectivity index is 1.72. The first kappa shape index (κ1) is 24.6. The number of benzene rings is 1. The van der Waals surface area contributed by atoms with Crippen LogP contribution in [0, 0.1) is 0 Å². The molecule has 182 valence electrons. The zero-order valence-corrected chi connectivity index (χ0v) is 20.5. The predicted molar refractivity (Wildman–Crippen MR) is 135 cm³/mol. The molecule has 1 atom stereocenters. The maximum absolute atomic E-state index is 13.7. The lowest BCUT2D eigenvalue weighted by molar-refractivity contribution is -0.127. The van der Waals surface area contributed by atoms with E-state index in [1.807, 2.05) is 17.5 Å². The van der Waals surface area contributed by atoms with Crippen LogP contribution >= 0.6 is 11.3 Å². The monoisotopic (exact) mass is 491 g/mol. The fraction of sp³-hybridized carbons (Fsp3) is 0.333. The second-order valence-corrected chi connectivity index (χ2v) is 9.49. The average Bonchev–Trinajstić information content (AvgIpc) is 3.58. The number of nitrogens with one attached hydrogen (secondary N) is 1. The van der Waals surface area contributed by atoms with Crippen molar-refractivity contribution in [1.29, 1.82) is 0 Å². The van der Waals surface area contributed by atoms with Gasteiger partial charge in [0.1, 0.15) is 6.04 Å². The number of rotatable bonds is 9. The van der Waals surface area contributed by atoms with Gasteiger partial charge in [0.15, 0.2) is 0 Å². The van der Waals surface area contributed by atoms with Crippen LogP contribution in [0.4, 0.5) is 5.69 Å². The molecular formula is C27H29N3O4S. The normalized spacial score (nSPS) is 14.3. The van der Waals surface area contributed by atoms with Crippen LogP contribution in [0.2, 0.25) is 0 Å². The Bertz CT molecular complexity index is 1130. The first-order valence-electron chi connectivity index (χ1n) is 11.9. The number of pyridine rings is 1. The van der Waals surface area contributed by atoms with Gasteiger partial charge in [-0.15, -0.1) is 11.3 Å². The van der Waals surface area contributed by atoms with E-state index in [-0.39, 0.29) is 30.9 Å². The van der Waals surface area contributed by atoms with E-state index in [2.05, 4.69) is 10.3 Å². The van der Waals surface area contributed by atoms with Gasteiger partial charge in [-0.2, -0.15) is 0 Å². The Morgan fingerprint density at radius 2 is 1.80 bits per heavy atom. The second-order valence-electron chi connectivity index (χ2n) is 8.46. The van der Waals surface area contributed by atoms with Crippen molar-refractivity contribution in [2.45, 2.75) is 51.1 Å². The van der Waals surface area contributed by atoms with Crippen LogP contribution in [0.3, 0.4) is 0 Å². The number of anilines is 1. The van der Waals surface area contributed by atoms with Crippen LogP contribution in [0.25, 0.3) is 0 Å². The zero-order valence-electron chi connectivity index (χ0n) is 19.7. The van der Waals surface area contributed by atoms with Crippen molar-refractivity contribution in [2.75, 3.05) is 11.5 Å². The van der Waals surface area contributed by atoms with Gasteiger partial charge in [0.25, 0.3) is 0 Å². The van der Waals surface area contributed by atoms with Crippen LogP contribution in [0.5, 0.6) is 0 Å². The minimum absolute atomic E-state index is 0.104. The van der Waals surface area contributed by atoms with E-state index < -0.39 is 12.0 Å². The third-order valence-corrected chi connectivity index (χ3v) is 6.94. The molecule has 1 aromatic carbocycles. The Labute approximate surface area is 209 Å². The maximum atomic E-state index is 13.7. The molecule has 2 amide bonds. The van der Waals surface area contributed by atoms with Crippen LogP contribution in [-0.2, 0) is 20.7 Å². The molecule has 1 aliphatic rings. The molecule has 35 heavy (non-hydrogen) atoms. The van der Waals surface area contributed by atoms with Gasteiger partial charge in [0, 0.05) is 29.0 Å². The lowest BCUT2D eigenvalue weighted by atomic mass is 10.0. The smallest absolute Gasteiger partial charge is 0.338 e. The first-order valence-corrected chi connectivity index (χ1v) is 12.8. The standard InChI is InChI=1S/C27H29N3O4S/c1-2-34-27(33)20-9-11-22(12-10-20)30(24(31)18-23-8-5-17-35-23)25(19-13-15-28-16-14-19)26(32)29-21-6-3-4-7-21/h5,8-17,21,25H,2-4,6-7,18H2,1H3,(H,29,32). The zero-order chi connectivity index (χ0) is 24.6. The van der Waals surface area contributed by atoms with E-state index in [1.54, 1.807) is 55.7 Å². The van der Waals surface area contributed by atoms with Crippen molar-refractivity contribution < 1.29 is 19.1 Å². The molecule has 1 N–H and O–H groups in total. The van der Waals surface area contributed by atoms with Crippen molar-refractivity contribution in [3.05, 3.63) is 82.3 Å². The fourth-order valence-electron chi connectivity index (χ4n) is 4.37. The van der Waals surface area contributed by atoms with E-state index in [0.29, 0.717) is 16.8 Å². The summed E-state index contributed by atoms with van der Waals surface area (Å²) >= 11 is 1.50. The minimum Gasteiger partial charge on any atom is -0.462 e. The molecule has 2 heterocycles. The van der Waals surface area contributed by atoms with Crippen molar-refractivity contribution in [3.8, 4) is 0 Å². The Kier molecular flexibility index (Phi) is 8.26. The lowest BCUT2D eigenvalue weighted by Crippen LogP contribution is -2.46. The first-order chi connectivity index (χ1) is 17.1. The van der Waals surface area contributed by atoms with Gasteiger partial charge in [-0.1, -0.05) is 18.9 Å². The molecule has 1 unspecified atom stereocenters. The third-order valence-electron chi connectivity index (χ3n) is 6.06. The number of nitrogens with zero attached hydrogens (tertiary/aromatic N) is 2. The predicted octanol–water partition coefficient (Wildman–Crippen LogP) is 4.70. The topological polar surface area (TPSA) is 88.6 Å². The lowest BCUT2D eigenvalue weighted by Gasteiger charge is -2.32. The summed E-state index contributed by atoms with van der Waals surface area (Å²) in [5.74, 6) is -0.864. The van der Waals surface area contributed by atoms with Gasteiger partial charge in [-0.3, -0.25) is 19.5 Å². The number of esters is 1. The van der Waals surface area contributed by atoms with E-state index in [1.165, 1.54) is 16.2 Å². The largest absolute Gasteiger partial charge is 0.462 e. The SMILES string of the molecule is CCOC(=O)c1ccc(N(C(=O)Cc2cccs2)C(C(=O)NC2CCCC2)c2ccncc2)cc1. The molecular weight excluding hydrogens is 462 g/mol. The van der Waals surface area contributed by atoms with Crippen molar-refractivity contribution in [2.24, 2.45) is 0 Å². The molecule has 1 saturated carbocycles. The second kappa shape index (κ2) is 11.8. The summed E-state index contributed by atoms with van der Waals surface area (Å²) in [6.07, 6.45) is 7.45. The number of carbonyl (C=O) groups excluding carboxylic acids is 3. The Morgan fingerprint density at radius 1 is 1.09 bits per heavy atom. The number of carbonyl (C=O) groups is 3. The Morgan fingerprint density at radius 3 is 2.43 bits per heavy atom. The fourth-order valence-corrected chi connectivity index (χ4v) is 5.07. The van der Waals surface area contributed by atoms with Gasteiger partial charge < -0.3 is 10.1 Å². The molecule has 2 aromatic heterocycles. The number of amides is 2. The molecule has 0 saturated heterocycles. The summed E-state index contributed by atoms with van der Waals surface area (Å²) in [6, 6.07) is 13.2. The van der Waals surface area contributed by atoms with Gasteiger partial charge in [0.2, 0.25) is 11.8 Å². The highest BCUT2D eigenvalue weighted by molar-refractivity contribution is 7.10. The number of aromatic nitrogens is 1. The van der Waals surface area contributed by atoms with Gasteiger partial charge in [-0.25, -0.2) is 4.79 Å². The molecule has 4 rings (SSSR count). The molecule has 3 aromatic rings. The third kappa shape index (κ3) is 6.14. The van der Waals surface area contributed by atoms with Crippen LogP contribution < -0.4 is 10.2 Å². The highest BCUT2D eigenvalue weighted by Crippen LogP contribution is 2.30. The quantitative estimate of drug-likeness (QED) is 0.439. The number of ether oxygens (including phenoxy) is 1. The summed E-state index contributed by atoms with van der Waals surface area (Å²) in [4.78, 5) is 46.1. The van der Waals surface area contributed by atoms with Gasteiger partial charge in [-0.05, 0) is 73.2 Å². The summed E-state index contributed by atoms with van der Waals surface area (Å²) in [6.45, 7) is 2.02. The van der Waals surface area contributed by atoms with Gasteiger partial charge >= 0.3 is 5.97 Å². The van der Waals surface area contributed by atoms with Crippen molar-refractivity contribution in [1.82, 2.24) is 10.3 Å². The minimum atomic E-state index is -0.875. The molecule has 1 fully saturated rings. The summed E-state index contributed by atoms with van der Waals surface area (Å²) in [5, 5.41) is 5.09. The van der Waals surface area contributed by atoms with Crippen LogP contribution in [0.15, 0.2) is 66.3 Å². The molecule has 1 aliphatic carbocycles. The maximum Gasteiger partial charge on any atom is 0.338 e. The van der Waals surface area contributed by atoms with E-state index in [9.17, 15) is 14.4 Å². The van der Waals surface area contributed by atoms with Crippen molar-refractivity contribution >= 4 is 34.8 Å². The van der Waals surface area contributed by atoms with Crippen LogP contribution in [-0.4, -0.2) is 35.4 Å². The van der Waals surface area contributed by atoms with Crippen molar-refractivity contribution in [3.63, 3.8) is 0 Å². The summed E-state index contributed by atoms with van der Waals surface area (Å²) in [7, 11) is 0. The summed E-state index contributed by atoms with van der Waals surface area (Å²) < 4.78 is 5.09. The van der Waals surface area contributed by atoms with Gasteiger partial charge in [0.05, 0.1) is 18.6 Å². The number of hydrogen-bond donors (Lipinski definition) is 1. The van der Waals surface area contributed by atoms with E-state index in [0.717, 1.165) is 30.6 Å². The summed E-state index contributed by atoms with van der Waals surface area (Å²) in [5.41, 5.74) is 1.59. The van der Waals surface area contributed by atoms with E-state index >= 15 is 0 Å². The number of hydrogen-bond acceptors (Lipinski definition) is 6. The molecule has 0 radical (unpaired) electrons. The highest BCUT2D eigenvalue weighted by atomic mass is 32.1. The molecule has 0 spiro atoms. The number of thiophene rings is 1. The van der Waals surface area contributed by atoms with Crippen LogP contribution in [0.1, 0.15) is 59.4 Å². The average molecular weight is 492 g/mol. The molecule has 8 heteroatoms. The molecule has 7 nitrogen and oxygen atoms in total. The Hall–Kier alpha value is -3.52. The highest BCUT2D eigenvalue weighted by Gasteiger charge is 2.34. The molecule has 0 aliphatic heterocycles.